The van der Waals surface area contributed by atoms with Gasteiger partial charge in [-0.25, -0.2) is 0 Å². The molecule has 26 heteroatoms. The van der Waals surface area contributed by atoms with E-state index in [0.717, 1.165) is 6.54 Å². The minimum absolute atomic E-state index is 0.551. The van der Waals surface area contributed by atoms with E-state index in [1.54, 1.807) is 0 Å². The summed E-state index contributed by atoms with van der Waals surface area (Å²) in [4.78, 5) is 4.49. The van der Waals surface area contributed by atoms with E-state index in [1.807, 2.05) is 0 Å². The monoisotopic (exact) mass is 510 g/mol. The molecule has 0 aromatic rings. The normalized spacial score (nSPS) is 12.0. The van der Waals surface area contributed by atoms with Gasteiger partial charge in [0.15, 0.2) is 0 Å². The molecule has 0 aliphatic carbocycles. The number of rotatable bonds is 1. The lowest BCUT2D eigenvalue weighted by Gasteiger charge is -2.25. The summed E-state index contributed by atoms with van der Waals surface area (Å²) in [6, 6.07) is 0. The van der Waals surface area contributed by atoms with Gasteiger partial charge in [0.2, 0.25) is 0 Å². The quantitative estimate of drug-likeness (QED) is 0.117. The minimum Gasteiger partial charge on any atom is -0.398 e. The highest BCUT2D eigenvalue weighted by Gasteiger charge is 2.15. The molecule has 0 fully saturated rings. The molecular weight excluding hydrogens is 483 g/mol. The zero-order chi connectivity index (χ0) is 28.3. The van der Waals surface area contributed by atoms with Gasteiger partial charge in [0.1, 0.15) is 0 Å². The maximum atomic E-state index is 10.1. The van der Waals surface area contributed by atoms with Gasteiger partial charge < -0.3 is 70.1 Å². The first-order chi connectivity index (χ1) is 14.6. The third-order valence-electron chi connectivity index (χ3n) is 1.93. The lowest BCUT2D eigenvalue weighted by molar-refractivity contribution is 0.203. The van der Waals surface area contributed by atoms with Gasteiger partial charge in [0, 0.05) is 26.0 Å². The van der Waals surface area contributed by atoms with Crippen LogP contribution in [0.1, 0.15) is 13.8 Å². The first-order valence-electron chi connectivity index (χ1n) is 7.82. The smallest absolute Gasteiger partial charge is 0.398 e. The molecule has 0 spiro atoms. The van der Waals surface area contributed by atoms with E-state index in [-0.39, 0.29) is 0 Å². The maximum absolute atomic E-state index is 10.1. The van der Waals surface area contributed by atoms with Crippen molar-refractivity contribution in [2.24, 2.45) is 0 Å². The summed E-state index contributed by atoms with van der Waals surface area (Å²) in [7, 11) is -13.9. The van der Waals surface area contributed by atoms with Crippen molar-refractivity contribution in [3.63, 3.8) is 0 Å². The summed E-state index contributed by atoms with van der Waals surface area (Å²) < 4.78 is 60.7. The highest BCUT2D eigenvalue weighted by molar-refractivity contribution is 6.32. The fraction of sp³-hybridized carbons (Fsp3) is 0.714. The second-order valence-corrected chi connectivity index (χ2v) is 4.29. The van der Waals surface area contributed by atoms with Crippen LogP contribution in [0.5, 0.6) is 0 Å². The maximum Gasteiger partial charge on any atom is 0.674 e. The average molecular weight is 509 g/mol. The summed E-state index contributed by atoms with van der Waals surface area (Å²) in [5.41, 5.74) is 0. The Balaban J connectivity index is -0.0000000672. The number of halogens is 6. The van der Waals surface area contributed by atoms with Crippen LogP contribution >= 0.6 is 0 Å². The van der Waals surface area contributed by atoms with E-state index in [9.17, 15) is 25.9 Å². The Morgan fingerprint density at radius 3 is 0.818 bits per heavy atom. The molecule has 14 nitrogen and oxygen atoms in total. The predicted octanol–water partition coefficient (Wildman–Crippen LogP) is -5.38. The molecule has 0 aromatic carbocycles. The highest BCUT2D eigenvalue weighted by atomic mass is 19.1. The molecule has 1 aliphatic heterocycles. The minimum atomic E-state index is -2.67. The number of nitrogens with zero attached hydrogens (tertiary/aromatic N) is 2. The fourth-order valence-corrected chi connectivity index (χ4v) is 1.04. The van der Waals surface area contributed by atoms with Gasteiger partial charge in [-0.05, 0) is 13.8 Å². The van der Waals surface area contributed by atoms with Gasteiger partial charge in [0.25, 0.3) is 0 Å². The van der Waals surface area contributed by atoms with E-state index in [2.05, 4.69) is 43.1 Å². The molecule has 196 valence electrons. The molecule has 1 heterocycles. The van der Waals surface area contributed by atoms with Crippen molar-refractivity contribution in [3.05, 3.63) is 12.4 Å². The molecule has 1 atom stereocenters. The van der Waals surface area contributed by atoms with Crippen LogP contribution in [0.15, 0.2) is 12.4 Å². The highest BCUT2D eigenvalue weighted by Crippen LogP contribution is 2.11. The van der Waals surface area contributed by atoms with Crippen molar-refractivity contribution >= 4 is 44.4 Å². The van der Waals surface area contributed by atoms with Gasteiger partial charge in [-0.3, -0.25) is 25.9 Å². The van der Waals surface area contributed by atoms with Crippen molar-refractivity contribution in [1.82, 2.24) is 9.80 Å². The molecule has 0 aromatic heterocycles. The lowest BCUT2D eigenvalue weighted by atomic mass is 10.3. The molecule has 0 saturated heterocycles. The molecular formula is C7H26B6F6N2O12. The zero-order valence-corrected chi connectivity index (χ0v) is 17.4. The van der Waals surface area contributed by atoms with Crippen LogP contribution in [-0.2, 0) is 0 Å². The first kappa shape index (κ1) is 45.3. The topological polar surface area (TPSA) is 249 Å². The summed E-state index contributed by atoms with van der Waals surface area (Å²) in [6.07, 6.45) is 4.79. The van der Waals surface area contributed by atoms with E-state index in [4.69, 9.17) is 60.3 Å². The third kappa shape index (κ3) is 134. The summed E-state index contributed by atoms with van der Waals surface area (Å²) in [5.74, 6) is 0. The molecule has 0 bridgehead atoms. The Hall–Kier alpha value is -1.17. The largest absolute Gasteiger partial charge is 0.674 e. The van der Waals surface area contributed by atoms with E-state index < -0.39 is 44.4 Å². The van der Waals surface area contributed by atoms with Crippen LogP contribution < -0.4 is 0 Å². The number of hydrogen-bond donors (Lipinski definition) is 12. The molecule has 0 radical (unpaired) electrons. The van der Waals surface area contributed by atoms with Gasteiger partial charge in [-0.2, -0.15) is 0 Å². The van der Waals surface area contributed by atoms with E-state index in [1.165, 1.54) is 0 Å². The molecule has 1 rings (SSSR count). The Labute approximate surface area is 187 Å². The SMILES string of the molecule is CCN1C=CN(C)C1C.OB(O)F.OB(O)F.OB(O)F.OB(O)F.OB(O)F.OB(O)F. The van der Waals surface area contributed by atoms with Gasteiger partial charge in [-0.1, -0.05) is 0 Å². The predicted molar refractivity (Wildman–Crippen MR) is 107 cm³/mol. The fourth-order valence-electron chi connectivity index (χ4n) is 1.04. The van der Waals surface area contributed by atoms with Crippen LogP contribution in [0.4, 0.5) is 25.9 Å². The second kappa shape index (κ2) is 33.0. The Morgan fingerprint density at radius 1 is 0.576 bits per heavy atom. The van der Waals surface area contributed by atoms with Crippen LogP contribution in [0.3, 0.4) is 0 Å². The van der Waals surface area contributed by atoms with Crippen LogP contribution in [0, 0.1) is 0 Å². The van der Waals surface area contributed by atoms with E-state index in [0.29, 0.717) is 6.17 Å². The molecule has 33 heavy (non-hydrogen) atoms. The van der Waals surface area contributed by atoms with Crippen molar-refractivity contribution in [1.29, 1.82) is 0 Å². The van der Waals surface area contributed by atoms with Crippen LogP contribution in [-0.4, -0.2) is 134 Å². The van der Waals surface area contributed by atoms with Gasteiger partial charge in [-0.15, -0.1) is 0 Å². The zero-order valence-electron chi connectivity index (χ0n) is 17.4. The van der Waals surface area contributed by atoms with Crippen molar-refractivity contribution in [2.75, 3.05) is 13.6 Å². The lowest BCUT2D eigenvalue weighted by Crippen LogP contribution is -2.33. The average Bonchev–Trinajstić information content (AvgIpc) is 2.83. The molecule has 1 aliphatic rings. The van der Waals surface area contributed by atoms with Crippen LogP contribution in [0.25, 0.3) is 0 Å². The Morgan fingerprint density at radius 2 is 0.758 bits per heavy atom. The molecule has 0 amide bonds. The van der Waals surface area contributed by atoms with Crippen LogP contribution in [0.2, 0.25) is 0 Å². The van der Waals surface area contributed by atoms with Gasteiger partial charge in [0.05, 0.1) is 6.17 Å². The molecule has 0 saturated carbocycles. The summed E-state index contributed by atoms with van der Waals surface area (Å²) >= 11 is 0. The van der Waals surface area contributed by atoms with Gasteiger partial charge >= 0.3 is 44.4 Å². The molecule has 1 unspecified atom stereocenters. The third-order valence-corrected chi connectivity index (χ3v) is 1.93. The van der Waals surface area contributed by atoms with E-state index >= 15 is 0 Å². The summed E-state index contributed by atoms with van der Waals surface area (Å²) in [5, 5.41) is 83.3. The standard InChI is InChI=1S/C7H14N2.6BFH2O2/c1-4-9-6-5-8(3)7(9)2;6*2-1(3)4/h5-7H,4H2,1-3H3;6*3-4H. The second-order valence-electron chi connectivity index (χ2n) is 4.29. The van der Waals surface area contributed by atoms with Crippen molar-refractivity contribution in [3.8, 4) is 0 Å². The Kier molecular flexibility index (Phi) is 45.4. The van der Waals surface area contributed by atoms with Crippen molar-refractivity contribution < 1.29 is 86.2 Å². The Bertz CT molecular complexity index is 325. The number of hydrogen-bond acceptors (Lipinski definition) is 14. The first-order valence-corrected chi connectivity index (χ1v) is 7.82. The summed E-state index contributed by atoms with van der Waals surface area (Å²) in [6.45, 7) is 5.46. The molecule has 12 N–H and O–H groups in total. The van der Waals surface area contributed by atoms with Crippen molar-refractivity contribution in [2.45, 2.75) is 20.0 Å².